The molecule has 0 saturated carbocycles. The minimum atomic E-state index is -0.671. The van der Waals surface area contributed by atoms with E-state index in [9.17, 15) is 0 Å². The van der Waals surface area contributed by atoms with Gasteiger partial charge in [-0.2, -0.15) is 0 Å². The molecule has 21 rings (SSSR count). The zero-order valence-electron chi connectivity index (χ0n) is 58.0. The van der Waals surface area contributed by atoms with E-state index in [-0.39, 0.29) is 5.41 Å². The lowest BCUT2D eigenvalue weighted by Crippen LogP contribution is -2.29. The first kappa shape index (κ1) is 60.5. The first-order chi connectivity index (χ1) is 51.8. The van der Waals surface area contributed by atoms with E-state index in [0.29, 0.717) is 0 Å². The van der Waals surface area contributed by atoms with Crippen LogP contribution >= 0.6 is 0 Å². The van der Waals surface area contributed by atoms with Crippen molar-refractivity contribution >= 4 is 78.0 Å². The molecule has 3 aliphatic carbocycles. The molecule has 0 saturated heterocycles. The van der Waals surface area contributed by atoms with E-state index >= 15 is 0 Å². The van der Waals surface area contributed by atoms with Crippen molar-refractivity contribution in [1.82, 2.24) is 0 Å². The Labute approximate surface area is 610 Å². The van der Waals surface area contributed by atoms with Gasteiger partial charge in [-0.25, -0.2) is 0 Å². The fourth-order valence-electron chi connectivity index (χ4n) is 18.6. The first-order valence-electron chi connectivity index (χ1n) is 36.4. The van der Waals surface area contributed by atoms with Gasteiger partial charge in [0.05, 0.1) is 33.0 Å². The van der Waals surface area contributed by atoms with Gasteiger partial charge in [-0.15, -0.1) is 0 Å². The van der Waals surface area contributed by atoms with Gasteiger partial charge in [0, 0.05) is 38.9 Å². The van der Waals surface area contributed by atoms with E-state index < -0.39 is 10.8 Å². The summed E-state index contributed by atoms with van der Waals surface area (Å²) in [6.45, 7) is 4.73. The van der Waals surface area contributed by atoms with E-state index in [0.717, 1.165) is 100 Å². The Morgan fingerprint density at radius 3 is 1.10 bits per heavy atom. The van der Waals surface area contributed by atoms with Gasteiger partial charge in [-0.1, -0.05) is 299 Å². The second-order valence-electron chi connectivity index (χ2n) is 28.9. The second-order valence-corrected chi connectivity index (χ2v) is 28.9. The summed E-state index contributed by atoms with van der Waals surface area (Å²) in [5, 5.41) is 4.32. The van der Waals surface area contributed by atoms with Gasteiger partial charge in [-0.05, 0) is 202 Å². The van der Waals surface area contributed by atoms with Crippen molar-refractivity contribution in [2.45, 2.75) is 30.1 Å². The average Bonchev–Trinajstić information content (AvgIpc) is 1.55. The van der Waals surface area contributed by atoms with Crippen LogP contribution in [-0.2, 0) is 16.2 Å². The number of nitrogens with zero attached hydrogens (tertiary/aromatic N) is 2. The molecule has 2 heterocycles. The summed E-state index contributed by atoms with van der Waals surface area (Å²) >= 11 is 0. The number of benzene rings is 16. The summed E-state index contributed by atoms with van der Waals surface area (Å²) in [6.07, 6.45) is 0. The number of anilines is 6. The van der Waals surface area contributed by atoms with Crippen molar-refractivity contribution in [3.63, 3.8) is 0 Å². The Bertz CT molecular complexity index is 6470. The smallest absolute Gasteiger partial charge is 0.137 e. The van der Waals surface area contributed by atoms with Crippen LogP contribution in [0.4, 0.5) is 34.1 Å². The Hall–Kier alpha value is -13.3. The number of furan rings is 2. The van der Waals surface area contributed by atoms with Crippen LogP contribution in [0, 0.1) is 0 Å². The molecule has 4 nitrogen and oxygen atoms in total. The Morgan fingerprint density at radius 2 is 0.571 bits per heavy atom. The molecule has 105 heavy (non-hydrogen) atoms. The van der Waals surface area contributed by atoms with E-state index in [1.165, 1.54) is 89.0 Å². The molecule has 0 bridgehead atoms. The fourth-order valence-corrected chi connectivity index (χ4v) is 18.6. The summed E-state index contributed by atoms with van der Waals surface area (Å²) in [5.74, 6) is 0. The summed E-state index contributed by atoms with van der Waals surface area (Å²) in [6, 6.07) is 139. The predicted molar refractivity (Wildman–Crippen MR) is 433 cm³/mol. The van der Waals surface area contributed by atoms with Crippen LogP contribution in [0.15, 0.2) is 385 Å². The highest BCUT2D eigenvalue weighted by Gasteiger charge is 2.48. The monoisotopic (exact) mass is 1340 g/mol. The van der Waals surface area contributed by atoms with Gasteiger partial charge in [0.15, 0.2) is 0 Å². The van der Waals surface area contributed by atoms with Crippen LogP contribution in [0.5, 0.6) is 0 Å². The number of hydrogen-bond acceptors (Lipinski definition) is 4. The minimum Gasteiger partial charge on any atom is -0.456 e. The highest BCUT2D eigenvalue weighted by molar-refractivity contribution is 6.15. The quantitative estimate of drug-likeness (QED) is 0.122. The van der Waals surface area contributed by atoms with Gasteiger partial charge < -0.3 is 18.6 Å². The first-order valence-corrected chi connectivity index (χ1v) is 36.4. The highest BCUT2D eigenvalue weighted by atomic mass is 16.3. The molecule has 16 aromatic carbocycles. The molecule has 0 N–H and O–H groups in total. The molecule has 2 aromatic heterocycles. The molecule has 494 valence electrons. The van der Waals surface area contributed by atoms with Crippen LogP contribution in [0.25, 0.3) is 99.5 Å². The van der Waals surface area contributed by atoms with Crippen molar-refractivity contribution in [3.05, 3.63) is 432 Å². The van der Waals surface area contributed by atoms with E-state index in [2.05, 4.69) is 400 Å². The molecule has 0 aliphatic heterocycles. The molecule has 4 heteroatoms. The molecule has 0 radical (unpaired) electrons. The van der Waals surface area contributed by atoms with Crippen molar-refractivity contribution in [2.24, 2.45) is 0 Å². The number of rotatable bonds is 12. The summed E-state index contributed by atoms with van der Waals surface area (Å²) in [7, 11) is 0. The maximum atomic E-state index is 6.65. The SMILES string of the molecule is CC1(C)c2ccccc2-c2ccc(N(c3cccc(C4(c5ccccc5)c5ccccc5-c5cc(-c6ccc(-c7ccc(N(c8cccc(C9(c%10ccccc%10)c%10ccccc%10-c%10ccccc%109)c8)c8cccc9oc%10ccccc%10c89)cc7)cc6)ccc54)c3)c3cccc4oc5ccccc5c34)cc21. The van der Waals surface area contributed by atoms with Crippen LogP contribution in [0.3, 0.4) is 0 Å². The lowest BCUT2D eigenvalue weighted by atomic mass is 9.67. The molecule has 1 atom stereocenters. The standard InChI is InChI=1S/C101H68N2O2/c1-99(2)85-39-15-9-33-77(85)81-59-58-76(64-90(81)99)103(92-44-24-48-96-98(92)83-38-14-20-46-94(83)105-96)75-32-22-30-72(63-75)101(70-27-7-4-8-28-70)88-42-18-12-36-80(88)84-61-68(55-60-89(84)101)67-51-49-65(50-52-67)66-53-56-73(57-54-66)102(91-43-23-47-95-97(91)82-37-13-19-45-93(82)104-95)74-31-21-29-71(62-74)100(69-25-5-3-6-26-69)86-40-16-10-34-78(86)79-35-11-17-41-87(79)100/h3-64H,1-2H3. The Kier molecular flexibility index (Phi) is 13.5. The molecule has 0 amide bonds. The van der Waals surface area contributed by atoms with Crippen molar-refractivity contribution < 1.29 is 8.83 Å². The molecule has 3 aliphatic rings. The maximum Gasteiger partial charge on any atom is 0.137 e. The highest BCUT2D eigenvalue weighted by Crippen LogP contribution is 2.60. The largest absolute Gasteiger partial charge is 0.456 e. The molecule has 18 aromatic rings. The number of para-hydroxylation sites is 2. The van der Waals surface area contributed by atoms with Crippen LogP contribution in [0.1, 0.15) is 69.5 Å². The lowest BCUT2D eigenvalue weighted by molar-refractivity contribution is 0.660. The molecule has 1 unspecified atom stereocenters. The summed E-state index contributed by atoms with van der Waals surface area (Å²) in [5.41, 5.74) is 33.1. The van der Waals surface area contributed by atoms with E-state index in [4.69, 9.17) is 8.83 Å². The molecular weight excluding hydrogens is 1270 g/mol. The topological polar surface area (TPSA) is 32.8 Å². The van der Waals surface area contributed by atoms with Crippen molar-refractivity contribution in [2.75, 3.05) is 9.80 Å². The second kappa shape index (κ2) is 23.4. The minimum absolute atomic E-state index is 0.202. The van der Waals surface area contributed by atoms with Crippen LogP contribution in [-0.4, -0.2) is 0 Å². The van der Waals surface area contributed by atoms with Crippen LogP contribution < -0.4 is 9.80 Å². The molecule has 0 fully saturated rings. The van der Waals surface area contributed by atoms with Gasteiger partial charge >= 0.3 is 0 Å². The normalized spacial score (nSPS) is 14.8. The van der Waals surface area contributed by atoms with Gasteiger partial charge in [-0.3, -0.25) is 0 Å². The van der Waals surface area contributed by atoms with E-state index in [1.54, 1.807) is 0 Å². The van der Waals surface area contributed by atoms with Gasteiger partial charge in [0.1, 0.15) is 22.3 Å². The van der Waals surface area contributed by atoms with Crippen molar-refractivity contribution in [1.29, 1.82) is 0 Å². The molecule has 0 spiro atoms. The third-order valence-electron chi connectivity index (χ3n) is 23.2. The summed E-state index contributed by atoms with van der Waals surface area (Å²) < 4.78 is 13.3. The number of fused-ring (bicyclic) bond motifs is 15. The lowest BCUT2D eigenvalue weighted by Gasteiger charge is -2.35. The fraction of sp³-hybridized carbons (Fsp3) is 0.0495. The average molecular weight is 1340 g/mol. The van der Waals surface area contributed by atoms with Crippen molar-refractivity contribution in [3.8, 4) is 55.6 Å². The molecular formula is C101H68N2O2. The van der Waals surface area contributed by atoms with E-state index in [1.807, 2.05) is 0 Å². The van der Waals surface area contributed by atoms with Gasteiger partial charge in [0.25, 0.3) is 0 Å². The Balaban J connectivity index is 0.663. The zero-order valence-corrected chi connectivity index (χ0v) is 58.0. The summed E-state index contributed by atoms with van der Waals surface area (Å²) in [4.78, 5) is 4.90. The third-order valence-corrected chi connectivity index (χ3v) is 23.2. The third kappa shape index (κ3) is 8.93. The zero-order chi connectivity index (χ0) is 69.5. The Morgan fingerprint density at radius 1 is 0.219 bits per heavy atom. The maximum absolute atomic E-state index is 6.65. The number of hydrogen-bond donors (Lipinski definition) is 0. The predicted octanol–water partition coefficient (Wildman–Crippen LogP) is 26.8. The van der Waals surface area contributed by atoms with Crippen LogP contribution in [0.2, 0.25) is 0 Å². The van der Waals surface area contributed by atoms with Gasteiger partial charge in [0.2, 0.25) is 0 Å².